The van der Waals surface area contributed by atoms with Crippen molar-refractivity contribution in [3.05, 3.63) is 18.0 Å². The van der Waals surface area contributed by atoms with E-state index < -0.39 is 30.7 Å². The second kappa shape index (κ2) is 11.5. The smallest absolute Gasteiger partial charge is 0.328 e. The highest BCUT2D eigenvalue weighted by Crippen LogP contribution is 2.27. The number of aromatic nitrogens is 1. The van der Waals surface area contributed by atoms with Crippen molar-refractivity contribution in [3.63, 3.8) is 0 Å². The maximum absolute atomic E-state index is 12.6. The van der Waals surface area contributed by atoms with Gasteiger partial charge in [-0.1, -0.05) is 20.8 Å². The fourth-order valence-corrected chi connectivity index (χ4v) is 2.04. The van der Waals surface area contributed by atoms with Crippen molar-refractivity contribution in [1.82, 2.24) is 10.3 Å². The number of esters is 2. The van der Waals surface area contributed by atoms with Crippen LogP contribution >= 0.6 is 0 Å². The second-order valence-electron chi connectivity index (χ2n) is 5.87. The fourth-order valence-electron chi connectivity index (χ4n) is 2.04. The van der Waals surface area contributed by atoms with Crippen molar-refractivity contribution in [2.75, 3.05) is 18.7 Å². The van der Waals surface area contributed by atoms with Gasteiger partial charge in [-0.15, -0.1) is 0 Å². The molecule has 1 unspecified atom stereocenters. The van der Waals surface area contributed by atoms with Gasteiger partial charge in [0, 0.05) is 6.20 Å². The molecule has 1 heterocycles. The zero-order chi connectivity index (χ0) is 21.1. The number of nitrogens with one attached hydrogen (secondary N) is 2. The molecule has 1 aromatic heterocycles. The first-order valence-electron chi connectivity index (χ1n) is 8.81. The maximum atomic E-state index is 12.6. The Morgan fingerprint density at radius 2 is 1.89 bits per heavy atom. The van der Waals surface area contributed by atoms with Gasteiger partial charge < -0.3 is 24.8 Å². The lowest BCUT2D eigenvalue weighted by Gasteiger charge is -2.18. The summed E-state index contributed by atoms with van der Waals surface area (Å²) >= 11 is 0. The third kappa shape index (κ3) is 6.53. The number of amides is 2. The van der Waals surface area contributed by atoms with Gasteiger partial charge in [0.1, 0.15) is 6.04 Å². The van der Waals surface area contributed by atoms with E-state index in [4.69, 9.17) is 14.2 Å². The van der Waals surface area contributed by atoms with Crippen molar-refractivity contribution < 1.29 is 33.4 Å². The highest BCUT2D eigenvalue weighted by Gasteiger charge is 2.25. The summed E-state index contributed by atoms with van der Waals surface area (Å²) in [7, 11) is 0. The minimum atomic E-state index is -0.872. The number of carbonyl (C=O) groups excluding carboxylic acids is 4. The Labute approximate surface area is 162 Å². The molecule has 0 bridgehead atoms. The Morgan fingerprint density at radius 1 is 1.18 bits per heavy atom. The van der Waals surface area contributed by atoms with Gasteiger partial charge in [-0.25, -0.2) is 9.78 Å². The first kappa shape index (κ1) is 22.9. The molecule has 1 aromatic rings. The summed E-state index contributed by atoms with van der Waals surface area (Å²) in [5.74, 6) is -2.23. The molecule has 1 atom stereocenters. The minimum absolute atomic E-state index is 0.0950. The van der Waals surface area contributed by atoms with Gasteiger partial charge in [-0.2, -0.15) is 0 Å². The van der Waals surface area contributed by atoms with Gasteiger partial charge in [0.05, 0.1) is 18.2 Å². The third-order valence-electron chi connectivity index (χ3n) is 3.49. The van der Waals surface area contributed by atoms with Gasteiger partial charge in [-0.05, 0) is 19.4 Å². The van der Waals surface area contributed by atoms with Crippen LogP contribution in [0.2, 0.25) is 0 Å². The molecule has 0 aliphatic carbocycles. The van der Waals surface area contributed by atoms with E-state index in [-0.39, 0.29) is 29.7 Å². The first-order chi connectivity index (χ1) is 13.3. The zero-order valence-corrected chi connectivity index (χ0v) is 16.3. The fraction of sp³-hybridized carbons (Fsp3) is 0.500. The molecule has 0 saturated carbocycles. The molecule has 2 N–H and O–H groups in total. The van der Waals surface area contributed by atoms with E-state index in [1.807, 2.05) is 0 Å². The molecule has 1 rings (SSSR count). The molecule has 0 aliphatic heterocycles. The topological polar surface area (TPSA) is 133 Å². The summed E-state index contributed by atoms with van der Waals surface area (Å²) in [6.07, 6.45) is 2.00. The number of ether oxygens (including phenoxy) is 3. The van der Waals surface area contributed by atoms with Crippen LogP contribution in [0.15, 0.2) is 12.3 Å². The second-order valence-corrected chi connectivity index (χ2v) is 5.87. The molecular weight excluding hydrogens is 370 g/mol. The van der Waals surface area contributed by atoms with Crippen LogP contribution in [-0.4, -0.2) is 48.7 Å². The monoisotopic (exact) mass is 395 g/mol. The van der Waals surface area contributed by atoms with Crippen LogP contribution in [0.1, 0.15) is 44.6 Å². The Balaban J connectivity index is 3.04. The van der Waals surface area contributed by atoms with Crippen molar-refractivity contribution in [1.29, 1.82) is 0 Å². The molecule has 154 valence electrons. The molecule has 0 radical (unpaired) electrons. The summed E-state index contributed by atoms with van der Waals surface area (Å²) in [4.78, 5) is 50.9. The first-order valence-corrected chi connectivity index (χ1v) is 8.81. The van der Waals surface area contributed by atoms with Crippen molar-refractivity contribution in [3.8, 4) is 5.75 Å². The van der Waals surface area contributed by atoms with Gasteiger partial charge in [0.2, 0.25) is 13.2 Å². The summed E-state index contributed by atoms with van der Waals surface area (Å²) in [6, 6.07) is 0.538. The normalized spacial score (nSPS) is 11.3. The minimum Gasteiger partial charge on any atom is -0.464 e. The average Bonchev–Trinajstić information content (AvgIpc) is 2.66. The van der Waals surface area contributed by atoms with Crippen molar-refractivity contribution in [2.45, 2.75) is 40.2 Å². The predicted octanol–water partition coefficient (Wildman–Crippen LogP) is 1.26. The number of anilines is 1. The lowest BCUT2D eigenvalue weighted by molar-refractivity contribution is -0.154. The van der Waals surface area contributed by atoms with Crippen LogP contribution in [0.3, 0.4) is 0 Å². The standard InChI is InChI=1S/C18H25N3O7/c1-5-12(18(25)26-6-2)21-16(23)14-15(13(20-9-22)7-8-19-14)27-10-28-17(24)11(3)4/h7-9,11-12H,5-6,10H2,1-4H3,(H,21,23)(H,19,20,22). The predicted molar refractivity (Wildman–Crippen MR) is 98.5 cm³/mol. The summed E-state index contributed by atoms with van der Waals surface area (Å²) in [5.41, 5.74) is -0.0323. The van der Waals surface area contributed by atoms with Gasteiger partial charge >= 0.3 is 11.9 Å². The summed E-state index contributed by atoms with van der Waals surface area (Å²) in [5, 5.41) is 4.90. The van der Waals surface area contributed by atoms with Crippen LogP contribution in [0.25, 0.3) is 0 Å². The van der Waals surface area contributed by atoms with Crippen molar-refractivity contribution >= 4 is 29.9 Å². The van der Waals surface area contributed by atoms with Crippen LogP contribution in [0, 0.1) is 5.92 Å². The summed E-state index contributed by atoms with van der Waals surface area (Å²) in [6.45, 7) is 6.38. The molecular formula is C18H25N3O7. The van der Waals surface area contributed by atoms with E-state index in [9.17, 15) is 19.2 Å². The highest BCUT2D eigenvalue weighted by molar-refractivity contribution is 5.99. The van der Waals surface area contributed by atoms with E-state index in [2.05, 4.69) is 15.6 Å². The lowest BCUT2D eigenvalue weighted by atomic mass is 10.2. The molecule has 10 nitrogen and oxygen atoms in total. The summed E-state index contributed by atoms with van der Waals surface area (Å²) < 4.78 is 15.2. The Morgan fingerprint density at radius 3 is 2.46 bits per heavy atom. The van der Waals surface area contributed by atoms with Crippen LogP contribution < -0.4 is 15.4 Å². The Bertz CT molecular complexity index is 706. The van der Waals surface area contributed by atoms with E-state index in [0.29, 0.717) is 12.8 Å². The number of rotatable bonds is 11. The Kier molecular flexibility index (Phi) is 9.41. The maximum Gasteiger partial charge on any atom is 0.328 e. The Hall–Kier alpha value is -3.17. The number of carbonyl (C=O) groups is 4. The quantitative estimate of drug-likeness (QED) is 0.325. The number of pyridine rings is 1. The van der Waals surface area contributed by atoms with Crippen molar-refractivity contribution in [2.24, 2.45) is 5.92 Å². The molecule has 0 aromatic carbocycles. The van der Waals surface area contributed by atoms with E-state index >= 15 is 0 Å². The van der Waals surface area contributed by atoms with Gasteiger partial charge in [0.25, 0.3) is 5.91 Å². The molecule has 0 saturated heterocycles. The molecule has 10 heteroatoms. The largest absolute Gasteiger partial charge is 0.464 e. The van der Waals surface area contributed by atoms with Crippen LogP contribution in [-0.2, 0) is 23.9 Å². The molecule has 28 heavy (non-hydrogen) atoms. The van der Waals surface area contributed by atoms with Crippen LogP contribution in [0.5, 0.6) is 5.75 Å². The van der Waals surface area contributed by atoms with Gasteiger partial charge in [-0.3, -0.25) is 14.4 Å². The lowest BCUT2D eigenvalue weighted by Crippen LogP contribution is -2.41. The highest BCUT2D eigenvalue weighted by atomic mass is 16.7. The molecule has 0 fully saturated rings. The zero-order valence-electron chi connectivity index (χ0n) is 16.3. The molecule has 0 spiro atoms. The molecule has 2 amide bonds. The van der Waals surface area contributed by atoms with E-state index in [1.165, 1.54) is 12.3 Å². The average molecular weight is 395 g/mol. The van der Waals surface area contributed by atoms with Gasteiger partial charge in [0.15, 0.2) is 11.4 Å². The van der Waals surface area contributed by atoms with E-state index in [0.717, 1.165) is 0 Å². The molecule has 0 aliphatic rings. The number of hydrogen-bond donors (Lipinski definition) is 2. The van der Waals surface area contributed by atoms with E-state index in [1.54, 1.807) is 27.7 Å². The van der Waals surface area contributed by atoms with Crippen LogP contribution in [0.4, 0.5) is 5.69 Å². The number of nitrogens with zero attached hydrogens (tertiary/aromatic N) is 1. The third-order valence-corrected chi connectivity index (χ3v) is 3.49. The number of hydrogen-bond acceptors (Lipinski definition) is 8. The SMILES string of the molecule is CCOC(=O)C(CC)NC(=O)c1nccc(NC=O)c1OCOC(=O)C(C)C.